The van der Waals surface area contributed by atoms with Crippen LogP contribution in [0.5, 0.6) is 0 Å². The Labute approximate surface area is 146 Å². The zero-order valence-electron chi connectivity index (χ0n) is 16.1. The maximum Gasteiger partial charge on any atom is 0.410 e. The van der Waals surface area contributed by atoms with Gasteiger partial charge in [-0.1, -0.05) is 0 Å². The van der Waals surface area contributed by atoms with Crippen LogP contribution in [-0.2, 0) is 9.47 Å². The molecule has 6 heteroatoms. The number of nitrogens with one attached hydrogen (secondary N) is 1. The van der Waals surface area contributed by atoms with Gasteiger partial charge in [0.1, 0.15) is 5.60 Å². The van der Waals surface area contributed by atoms with Crippen molar-refractivity contribution in [3.63, 3.8) is 0 Å². The fraction of sp³-hybridized carbons (Fsp3) is 0.944. The van der Waals surface area contributed by atoms with Crippen LogP contribution in [0, 0.1) is 0 Å². The Morgan fingerprint density at radius 2 is 1.83 bits per heavy atom. The van der Waals surface area contributed by atoms with Gasteiger partial charge in [0.25, 0.3) is 0 Å². The Kier molecular flexibility index (Phi) is 6.51. The lowest BCUT2D eigenvalue weighted by atomic mass is 9.99. The largest absolute Gasteiger partial charge is 0.444 e. The number of rotatable bonds is 4. The maximum absolute atomic E-state index is 12.3. The Morgan fingerprint density at radius 1 is 1.17 bits per heavy atom. The van der Waals surface area contributed by atoms with E-state index in [9.17, 15) is 4.79 Å². The average Bonchev–Trinajstić information content (AvgIpc) is 2.53. The van der Waals surface area contributed by atoms with E-state index in [1.54, 1.807) is 0 Å². The van der Waals surface area contributed by atoms with Gasteiger partial charge in [-0.05, 0) is 47.5 Å². The van der Waals surface area contributed by atoms with Crippen molar-refractivity contribution in [1.29, 1.82) is 0 Å². The third-order valence-electron chi connectivity index (χ3n) is 4.76. The van der Waals surface area contributed by atoms with E-state index in [1.807, 2.05) is 25.7 Å². The Hall–Kier alpha value is -0.850. The van der Waals surface area contributed by atoms with Crippen LogP contribution in [0.3, 0.4) is 0 Å². The Bertz CT molecular complexity index is 414. The highest BCUT2D eigenvalue weighted by Gasteiger charge is 2.31. The summed E-state index contributed by atoms with van der Waals surface area (Å²) in [5, 5.41) is 3.67. The van der Waals surface area contributed by atoms with Gasteiger partial charge in [-0.25, -0.2) is 4.79 Å². The number of hydrogen-bond donors (Lipinski definition) is 1. The minimum absolute atomic E-state index is 0.0952. The number of piperidine rings is 1. The standard InChI is InChI=1S/C18H35N3O3/c1-17(2,3)24-16(22)20-8-6-7-15(13-20)19-14-18(4,5)21-9-11-23-12-10-21/h15,19H,6-14H2,1-5H3. The fourth-order valence-corrected chi connectivity index (χ4v) is 3.31. The topological polar surface area (TPSA) is 54.0 Å². The molecule has 24 heavy (non-hydrogen) atoms. The zero-order valence-corrected chi connectivity index (χ0v) is 16.1. The van der Waals surface area contributed by atoms with Gasteiger partial charge in [0.15, 0.2) is 0 Å². The van der Waals surface area contributed by atoms with Crippen LogP contribution >= 0.6 is 0 Å². The van der Waals surface area contributed by atoms with Gasteiger partial charge in [-0.2, -0.15) is 0 Å². The molecule has 1 atom stereocenters. The van der Waals surface area contributed by atoms with E-state index >= 15 is 0 Å². The van der Waals surface area contributed by atoms with E-state index in [2.05, 4.69) is 24.1 Å². The van der Waals surface area contributed by atoms with E-state index in [1.165, 1.54) is 0 Å². The van der Waals surface area contributed by atoms with Crippen molar-refractivity contribution >= 4 is 6.09 Å². The first-order chi connectivity index (χ1) is 11.2. The van der Waals surface area contributed by atoms with Crippen LogP contribution in [0.1, 0.15) is 47.5 Å². The number of nitrogens with zero attached hydrogens (tertiary/aromatic N) is 2. The van der Waals surface area contributed by atoms with Crippen molar-refractivity contribution < 1.29 is 14.3 Å². The molecule has 0 aliphatic carbocycles. The monoisotopic (exact) mass is 341 g/mol. The molecule has 1 N–H and O–H groups in total. The summed E-state index contributed by atoms with van der Waals surface area (Å²) in [5.74, 6) is 0. The lowest BCUT2D eigenvalue weighted by Gasteiger charge is -2.42. The van der Waals surface area contributed by atoms with Crippen molar-refractivity contribution in [2.45, 2.75) is 64.6 Å². The van der Waals surface area contributed by atoms with E-state index in [4.69, 9.17) is 9.47 Å². The molecular formula is C18H35N3O3. The third-order valence-corrected chi connectivity index (χ3v) is 4.76. The van der Waals surface area contributed by atoms with Gasteiger partial charge >= 0.3 is 6.09 Å². The van der Waals surface area contributed by atoms with Gasteiger partial charge in [0, 0.05) is 44.3 Å². The third kappa shape index (κ3) is 5.90. The summed E-state index contributed by atoms with van der Waals surface area (Å²) in [7, 11) is 0. The molecule has 140 valence electrons. The summed E-state index contributed by atoms with van der Waals surface area (Å²) >= 11 is 0. The van der Waals surface area contributed by atoms with Crippen molar-refractivity contribution in [3.05, 3.63) is 0 Å². The molecule has 2 aliphatic rings. The van der Waals surface area contributed by atoms with Crippen LogP contribution < -0.4 is 5.32 Å². The molecule has 0 saturated carbocycles. The van der Waals surface area contributed by atoms with Crippen LogP contribution in [-0.4, -0.2) is 79.0 Å². The summed E-state index contributed by atoms with van der Waals surface area (Å²) < 4.78 is 11.0. The van der Waals surface area contributed by atoms with E-state index in [0.29, 0.717) is 6.04 Å². The fourth-order valence-electron chi connectivity index (χ4n) is 3.31. The van der Waals surface area contributed by atoms with E-state index in [0.717, 1.165) is 58.8 Å². The number of morpholine rings is 1. The molecule has 0 aromatic carbocycles. The molecule has 2 heterocycles. The molecular weight excluding hydrogens is 306 g/mol. The molecule has 2 fully saturated rings. The predicted molar refractivity (Wildman–Crippen MR) is 95.3 cm³/mol. The quantitative estimate of drug-likeness (QED) is 0.848. The molecule has 0 aromatic heterocycles. The number of amides is 1. The highest BCUT2D eigenvalue weighted by Crippen LogP contribution is 2.18. The lowest BCUT2D eigenvalue weighted by molar-refractivity contribution is -0.0117. The summed E-state index contributed by atoms with van der Waals surface area (Å²) in [5.41, 5.74) is -0.340. The number of carbonyl (C=O) groups excluding carboxylic acids is 1. The highest BCUT2D eigenvalue weighted by molar-refractivity contribution is 5.68. The van der Waals surface area contributed by atoms with Crippen LogP contribution in [0.2, 0.25) is 0 Å². The predicted octanol–water partition coefficient (Wildman–Crippen LogP) is 2.09. The first-order valence-corrected chi connectivity index (χ1v) is 9.21. The second-order valence-electron chi connectivity index (χ2n) is 8.56. The minimum Gasteiger partial charge on any atom is -0.444 e. The molecule has 2 saturated heterocycles. The molecule has 6 nitrogen and oxygen atoms in total. The SMILES string of the molecule is CC(C)(C)OC(=O)N1CCCC(NCC(C)(C)N2CCOCC2)C1. The number of ether oxygens (including phenoxy) is 2. The summed E-state index contributed by atoms with van der Waals surface area (Å²) in [6.45, 7) is 16.3. The molecule has 0 aromatic rings. The molecule has 0 bridgehead atoms. The molecule has 2 aliphatic heterocycles. The number of carbonyl (C=O) groups is 1. The first kappa shape index (κ1) is 19.5. The normalized spacial score (nSPS) is 24.0. The molecule has 0 radical (unpaired) electrons. The second-order valence-corrected chi connectivity index (χ2v) is 8.56. The number of hydrogen-bond acceptors (Lipinski definition) is 5. The highest BCUT2D eigenvalue weighted by atomic mass is 16.6. The Morgan fingerprint density at radius 3 is 2.46 bits per heavy atom. The maximum atomic E-state index is 12.3. The first-order valence-electron chi connectivity index (χ1n) is 9.21. The van der Waals surface area contributed by atoms with Crippen molar-refractivity contribution in [2.75, 3.05) is 45.9 Å². The van der Waals surface area contributed by atoms with E-state index in [-0.39, 0.29) is 11.6 Å². The number of likely N-dealkylation sites (tertiary alicyclic amines) is 1. The van der Waals surface area contributed by atoms with E-state index < -0.39 is 5.60 Å². The van der Waals surface area contributed by atoms with Crippen LogP contribution in [0.25, 0.3) is 0 Å². The van der Waals surface area contributed by atoms with Gasteiger partial charge in [0.05, 0.1) is 13.2 Å². The average molecular weight is 341 g/mol. The summed E-state index contributed by atoms with van der Waals surface area (Å²) in [4.78, 5) is 16.6. The summed E-state index contributed by atoms with van der Waals surface area (Å²) in [6, 6.07) is 0.339. The second kappa shape index (κ2) is 8.02. The van der Waals surface area contributed by atoms with Crippen molar-refractivity contribution in [1.82, 2.24) is 15.1 Å². The van der Waals surface area contributed by atoms with Gasteiger partial charge in [0.2, 0.25) is 0 Å². The molecule has 2 rings (SSSR count). The van der Waals surface area contributed by atoms with Crippen LogP contribution in [0.15, 0.2) is 0 Å². The van der Waals surface area contributed by atoms with Crippen molar-refractivity contribution in [2.24, 2.45) is 0 Å². The minimum atomic E-state index is -0.435. The molecule has 1 amide bonds. The molecule has 1 unspecified atom stereocenters. The van der Waals surface area contributed by atoms with Gasteiger partial charge in [-0.3, -0.25) is 4.90 Å². The van der Waals surface area contributed by atoms with Crippen molar-refractivity contribution in [3.8, 4) is 0 Å². The molecule has 0 spiro atoms. The zero-order chi connectivity index (χ0) is 17.8. The smallest absolute Gasteiger partial charge is 0.410 e. The lowest BCUT2D eigenvalue weighted by Crippen LogP contribution is -2.58. The van der Waals surface area contributed by atoms with Gasteiger partial charge < -0.3 is 19.7 Å². The van der Waals surface area contributed by atoms with Crippen LogP contribution in [0.4, 0.5) is 4.79 Å². The van der Waals surface area contributed by atoms with Gasteiger partial charge in [-0.15, -0.1) is 0 Å². The summed E-state index contributed by atoms with van der Waals surface area (Å²) in [6.07, 6.45) is 1.94. The Balaban J connectivity index is 1.81.